The van der Waals surface area contributed by atoms with E-state index in [2.05, 4.69) is 26.3 Å². The minimum absolute atomic E-state index is 0.0835. The van der Waals surface area contributed by atoms with Crippen molar-refractivity contribution in [2.24, 2.45) is 22.9 Å². The third kappa shape index (κ3) is 25.9. The van der Waals surface area contributed by atoms with Crippen LogP contribution in [0.25, 0.3) is 0 Å². The van der Waals surface area contributed by atoms with Crippen LogP contribution in [-0.2, 0) is 127 Å². The number of H-pyrrole nitrogens is 4. The molecule has 0 radical (unpaired) electrons. The topological polar surface area (TPSA) is 916 Å². The number of nitrogens with two attached hydrogens (primary N) is 4. The minimum Gasteiger partial charge on any atom is -0.394 e. The van der Waals surface area contributed by atoms with Crippen molar-refractivity contribution in [2.45, 2.75) is 124 Å². The molecule has 66 heteroatoms. The molecule has 111 heavy (non-hydrogen) atoms. The Morgan fingerprint density at radius 1 is 0.459 bits per heavy atom. The highest BCUT2D eigenvalue weighted by molar-refractivity contribution is 8.05. The molecule has 0 bridgehead atoms. The number of halogens is 2. The predicted octanol–water partition coefficient (Wildman–Crippen LogP) is -10.8. The van der Waals surface area contributed by atoms with E-state index in [0.29, 0.717) is 9.13 Å². The maximum atomic E-state index is 12.5. The Labute approximate surface area is 620 Å². The van der Waals surface area contributed by atoms with Crippen molar-refractivity contribution in [1.82, 2.24) is 38.2 Å². The van der Waals surface area contributed by atoms with Crippen LogP contribution < -0.4 is 67.9 Å². The molecule has 5 aliphatic heterocycles. The summed E-state index contributed by atoms with van der Waals surface area (Å²) in [5.41, 5.74) is 11.8. The molecule has 0 saturated carbocycles. The van der Waals surface area contributed by atoms with Crippen LogP contribution in [0.3, 0.4) is 0 Å². The summed E-state index contributed by atoms with van der Waals surface area (Å²) in [5, 5.41) is 89.2. The molecular weight excluding hydrogens is 1720 g/mol. The molecule has 5 aliphatic rings. The summed E-state index contributed by atoms with van der Waals surface area (Å²) in [4.78, 5) is 200. The number of aliphatic hydroxyl groups is 9. The van der Waals surface area contributed by atoms with E-state index in [-0.39, 0.29) is 22.3 Å². The Morgan fingerprint density at radius 3 is 1.02 bits per heavy atom. The van der Waals surface area contributed by atoms with Crippen LogP contribution in [-0.4, -0.2) is 243 Å². The SMILES string of the molecule is NC(=O)Cc1cn([C@@H]2O[C@H](CO)C(O)[C@@H]2O)c(=O)[nH]c1=O.NC(=O)Cc1cn([C@@H]2O[C@H](COP(=O)(Cl)Cl)C(O)[C@@H]2O)c(=O)[nH]c1=O.NC(=O)Cc1cn([C@@H]2O[C@H](COP(=O)(O)OP(=O)(O)OP(=O)(O)O)C(O)[C@@H]2O)c(=O)[nH]c1=O.NC(=O)Cc1cn([C@@H]2O[C@H](COP3(=O)CP(=O)(O)OP(=O)(O)O3)C(O)[C@@H]2O)c(=O)[nH]c1=O. The highest BCUT2D eigenvalue weighted by atomic mass is 35.9. The van der Waals surface area contributed by atoms with E-state index >= 15 is 0 Å². The molecule has 624 valence electrons. The number of nitrogens with zero attached hydrogens (tertiary/aromatic N) is 4. The molecule has 9 unspecified atom stereocenters. The molecule has 5 fully saturated rings. The number of nitrogens with one attached hydrogen (secondary N) is 4. The number of phosphoric acid groups is 4. The van der Waals surface area contributed by atoms with Gasteiger partial charge in [-0.15, -0.1) is 0 Å². The molecule has 0 spiro atoms. The summed E-state index contributed by atoms with van der Waals surface area (Å²) in [6, 6.07) is 0. The maximum Gasteiger partial charge on any atom is 0.490 e. The Balaban J connectivity index is 0.000000234. The first-order valence-electron chi connectivity index (χ1n) is 29.8. The summed E-state index contributed by atoms with van der Waals surface area (Å²) in [6.45, 7) is -3.07. The van der Waals surface area contributed by atoms with E-state index in [0.717, 1.165) is 33.9 Å². The first kappa shape index (κ1) is 93.6. The van der Waals surface area contributed by atoms with Gasteiger partial charge in [-0.2, -0.15) is 8.62 Å². The van der Waals surface area contributed by atoms with Crippen molar-refractivity contribution in [3.8, 4) is 0 Å². The second kappa shape index (κ2) is 37.1. The summed E-state index contributed by atoms with van der Waals surface area (Å²) in [6.07, 6.45) is -26.9. The smallest absolute Gasteiger partial charge is 0.394 e. The average Bonchev–Trinajstić information content (AvgIpc) is 0.933. The number of primary amides is 4. The van der Waals surface area contributed by atoms with Gasteiger partial charge in [0.15, 0.2) is 30.8 Å². The van der Waals surface area contributed by atoms with Gasteiger partial charge in [0.2, 0.25) is 23.6 Å². The summed E-state index contributed by atoms with van der Waals surface area (Å²) in [5.74, 6) is -4.66. The molecule has 9 rings (SSSR count). The van der Waals surface area contributed by atoms with Crippen molar-refractivity contribution in [3.05, 3.63) is 130 Å². The lowest BCUT2D eigenvalue weighted by atomic mass is 10.1. The molecule has 4 amide bonds. The zero-order chi connectivity index (χ0) is 84.1. The van der Waals surface area contributed by atoms with Crippen molar-refractivity contribution < 1.29 is 176 Å². The molecular formula is C45H65Cl2N12O45P7. The second-order valence-electron chi connectivity index (χ2n) is 23.1. The van der Waals surface area contributed by atoms with Gasteiger partial charge in [-0.3, -0.25) is 94.8 Å². The van der Waals surface area contributed by atoms with Gasteiger partial charge in [0.05, 0.1) is 52.1 Å². The van der Waals surface area contributed by atoms with Crippen LogP contribution in [0.1, 0.15) is 47.2 Å². The normalized spacial score (nSPS) is 31.0. The number of amides is 4. The van der Waals surface area contributed by atoms with E-state index in [1.807, 2.05) is 19.9 Å². The number of phosphoric ester groups is 1. The fourth-order valence-corrected chi connectivity index (χ4v) is 20.6. The first-order valence-corrected chi connectivity index (χ1v) is 42.7. The number of hydrogen-bond acceptors (Lipinski definition) is 39. The van der Waals surface area contributed by atoms with Crippen LogP contribution in [0.2, 0.25) is 0 Å². The van der Waals surface area contributed by atoms with Crippen molar-refractivity contribution >= 4 is 98.7 Å². The summed E-state index contributed by atoms with van der Waals surface area (Å²) < 4.78 is 133. The van der Waals surface area contributed by atoms with Gasteiger partial charge in [-0.05, 0) is 22.5 Å². The number of aromatic amines is 4. The Kier molecular flexibility index (Phi) is 31.3. The fraction of sp³-hybridized carbons (Fsp3) is 0.556. The molecule has 21 atom stereocenters. The van der Waals surface area contributed by atoms with Gasteiger partial charge in [-0.25, -0.2) is 46.1 Å². The number of carbonyl (C=O) groups is 4. The molecule has 5 saturated heterocycles. The third-order valence-corrected chi connectivity index (χ3v) is 26.6. The standard InChI is InChI=1S/C12H18N3O14P3.C11H14Cl2N3O8P.C11H18N3O16P3.C11H15N3O7/c13-7(16)1-5-2-15(12(20)14-10(5)19)11-9(18)8(17)6(27-11)3-26-31(23)4-30(21,22)28-32(24,25)29-31;12-25(13,22)23-3-5-7(18)8(19)10(24-5)16-2-4(1-6(14)17)9(20)15-11(16)21;12-6(15)1-4-2-14(11(19)13-9(4)18)10-8(17)7(16)5(28-10)3-27-32(23,24)30-33(25,26)29-31(20,21)22;12-6(16)1-4-2-14(11(20)13-9(4)19)10-8(18)7(17)5(3-15)21-10/h2,6,8-9,11,17-18H,1,3-4H2,(H2,13,16)(H,21,22)(H,24,25)(H,14,19,20);2,5,7-8,10,18-19H,1,3H2,(H2,14,17)(H,15,20,21);2,5,7-8,10,16-17H,1,3H2,(H2,12,15)(H,23,24)(H,25,26)(H,13,18,19)(H2,20,21,22);2,5,7-8,10,15,17-18H,1,3H2,(H2,12,16)(H,13,19,20)/t6-,8?,9+,11-,31?;3*5-,7?,8+,10-/m1111/s1. The zero-order valence-corrected chi connectivity index (χ0v) is 62.6. The predicted molar refractivity (Wildman–Crippen MR) is 353 cm³/mol. The van der Waals surface area contributed by atoms with Gasteiger partial charge >= 0.3 is 75.3 Å². The maximum absolute atomic E-state index is 12.5. The minimum atomic E-state index is -5.78. The molecule has 9 heterocycles. The zero-order valence-electron chi connectivity index (χ0n) is 54.9. The summed E-state index contributed by atoms with van der Waals surface area (Å²) in [7, 11) is -31.6. The lowest BCUT2D eigenvalue weighted by molar-refractivity contribution is -0.118. The van der Waals surface area contributed by atoms with E-state index in [1.165, 1.54) is 0 Å². The average molecular weight is 1780 g/mol. The second-order valence-corrected chi connectivity index (χ2v) is 38.0. The molecule has 57 nitrogen and oxygen atoms in total. The van der Waals surface area contributed by atoms with Gasteiger partial charge in [0.1, 0.15) is 73.2 Å². The van der Waals surface area contributed by atoms with E-state index in [1.54, 1.807) is 0 Å². The fourth-order valence-electron chi connectivity index (χ4n) is 10.0. The number of ether oxygens (including phenoxy) is 4. The van der Waals surface area contributed by atoms with Crippen LogP contribution in [0.4, 0.5) is 0 Å². The largest absolute Gasteiger partial charge is 0.490 e. The monoisotopic (exact) mass is 1780 g/mol. The molecule has 27 N–H and O–H groups in total. The molecule has 4 aromatic rings. The van der Waals surface area contributed by atoms with Crippen molar-refractivity contribution in [3.63, 3.8) is 0 Å². The van der Waals surface area contributed by atoms with Crippen LogP contribution in [0.15, 0.2) is 63.1 Å². The molecule has 0 aromatic carbocycles. The number of rotatable bonds is 26. The summed E-state index contributed by atoms with van der Waals surface area (Å²) >= 11 is 10.4. The van der Waals surface area contributed by atoms with Crippen LogP contribution in [0, 0.1) is 0 Å². The van der Waals surface area contributed by atoms with Crippen molar-refractivity contribution in [2.75, 3.05) is 32.3 Å². The highest BCUT2D eigenvalue weighted by Crippen LogP contribution is 2.78. The highest BCUT2D eigenvalue weighted by Gasteiger charge is 2.55. The van der Waals surface area contributed by atoms with Gasteiger partial charge < -0.3 is 126 Å². The molecule has 4 aromatic heterocycles. The van der Waals surface area contributed by atoms with Gasteiger partial charge in [0.25, 0.3) is 22.2 Å². The lowest BCUT2D eigenvalue weighted by Crippen LogP contribution is -2.39. The number of hydrogen-bond donors (Lipinski definition) is 23. The lowest BCUT2D eigenvalue weighted by Gasteiger charge is -2.28. The number of carbonyl (C=O) groups excluding carboxylic acids is 4. The van der Waals surface area contributed by atoms with Crippen LogP contribution in [0.5, 0.6) is 0 Å². The van der Waals surface area contributed by atoms with Crippen LogP contribution >= 0.6 is 75.0 Å². The Morgan fingerprint density at radius 2 is 0.748 bits per heavy atom. The Bertz CT molecular complexity index is 4990. The van der Waals surface area contributed by atoms with Gasteiger partial charge in [-0.1, -0.05) is 0 Å². The van der Waals surface area contributed by atoms with E-state index < -0.39 is 277 Å². The Hall–Kier alpha value is -6.25. The number of aromatic nitrogens is 8. The number of aliphatic hydroxyl groups excluding tert-OH is 9. The molecule has 0 aliphatic carbocycles. The first-order chi connectivity index (χ1) is 50.9. The van der Waals surface area contributed by atoms with E-state index in [4.69, 9.17) is 88.7 Å². The third-order valence-electron chi connectivity index (χ3n) is 14.7. The quantitative estimate of drug-likeness (QED) is 0.0260. The van der Waals surface area contributed by atoms with Gasteiger partial charge in [0, 0.05) is 47.0 Å². The van der Waals surface area contributed by atoms with E-state index in [9.17, 15) is 145 Å². The van der Waals surface area contributed by atoms with Crippen molar-refractivity contribution in [1.29, 1.82) is 0 Å².